The van der Waals surface area contributed by atoms with Crippen molar-refractivity contribution < 1.29 is 0 Å². The fourth-order valence-electron chi connectivity index (χ4n) is 2.56. The Bertz CT molecular complexity index is 871. The Balaban J connectivity index is 1.79. The molecule has 2 aromatic carbocycles. The Morgan fingerprint density at radius 1 is 0.625 bits per heavy atom. The number of hydrazone groups is 1. The summed E-state index contributed by atoms with van der Waals surface area (Å²) in [6.45, 7) is 0. The average molecular weight is 311 g/mol. The molecule has 1 aromatic heterocycles. The van der Waals surface area contributed by atoms with Gasteiger partial charge in [0.1, 0.15) is 5.71 Å². The van der Waals surface area contributed by atoms with E-state index in [-0.39, 0.29) is 0 Å². The third kappa shape index (κ3) is 2.82. The van der Waals surface area contributed by atoms with Gasteiger partial charge in [0.25, 0.3) is 0 Å². The SMILES string of the molecule is c1ccc(C2=NN[C](c3ccccn3)N=C2c2ccccc2)cc1. The zero-order chi connectivity index (χ0) is 16.2. The molecule has 4 heteroatoms. The van der Waals surface area contributed by atoms with Crippen LogP contribution in [0.25, 0.3) is 0 Å². The molecule has 1 aliphatic rings. The summed E-state index contributed by atoms with van der Waals surface area (Å²) in [6.07, 6.45) is 2.40. The Morgan fingerprint density at radius 3 is 1.88 bits per heavy atom. The highest BCUT2D eigenvalue weighted by molar-refractivity contribution is 6.53. The molecule has 115 valence electrons. The summed E-state index contributed by atoms with van der Waals surface area (Å²) in [7, 11) is 0. The molecule has 0 spiro atoms. The Morgan fingerprint density at radius 2 is 1.25 bits per heavy atom. The predicted molar refractivity (Wildman–Crippen MR) is 95.7 cm³/mol. The molecule has 0 atom stereocenters. The molecular formula is C20H15N4. The van der Waals surface area contributed by atoms with Crippen molar-refractivity contribution in [1.29, 1.82) is 0 Å². The van der Waals surface area contributed by atoms with Crippen molar-refractivity contribution in [2.24, 2.45) is 10.1 Å². The summed E-state index contributed by atoms with van der Waals surface area (Å²) in [4.78, 5) is 9.16. The van der Waals surface area contributed by atoms with Crippen LogP contribution in [0.15, 0.2) is 95.2 Å². The van der Waals surface area contributed by atoms with Gasteiger partial charge >= 0.3 is 0 Å². The first kappa shape index (κ1) is 14.3. The molecule has 3 aromatic rings. The number of rotatable bonds is 3. The lowest BCUT2D eigenvalue weighted by Gasteiger charge is -2.20. The molecule has 0 saturated carbocycles. The van der Waals surface area contributed by atoms with Crippen molar-refractivity contribution in [3.63, 3.8) is 0 Å². The van der Waals surface area contributed by atoms with Gasteiger partial charge < -0.3 is 0 Å². The van der Waals surface area contributed by atoms with Crippen LogP contribution >= 0.6 is 0 Å². The van der Waals surface area contributed by atoms with E-state index in [0.29, 0.717) is 6.17 Å². The summed E-state index contributed by atoms with van der Waals surface area (Å²) >= 11 is 0. The van der Waals surface area contributed by atoms with Gasteiger partial charge in [-0.2, -0.15) is 5.10 Å². The van der Waals surface area contributed by atoms with Crippen molar-refractivity contribution in [3.05, 3.63) is 108 Å². The predicted octanol–water partition coefficient (Wildman–Crippen LogP) is 3.42. The van der Waals surface area contributed by atoms with Gasteiger partial charge in [0.15, 0.2) is 0 Å². The molecule has 0 saturated heterocycles. The Hall–Kier alpha value is -3.27. The maximum Gasteiger partial charge on any atom is 0.239 e. The van der Waals surface area contributed by atoms with E-state index in [2.05, 4.69) is 15.5 Å². The lowest BCUT2D eigenvalue weighted by Crippen LogP contribution is -2.30. The molecule has 24 heavy (non-hydrogen) atoms. The number of hydrogen-bond acceptors (Lipinski definition) is 4. The Kier molecular flexibility index (Phi) is 3.86. The van der Waals surface area contributed by atoms with Gasteiger partial charge in [0.2, 0.25) is 6.17 Å². The standard InChI is InChI=1S/C20H15N4/c1-3-9-15(10-4-1)18-19(16-11-5-2-6-12-16)23-24-20(22-18)17-13-7-8-14-21-17/h1-14,24H. The highest BCUT2D eigenvalue weighted by Gasteiger charge is 2.23. The van der Waals surface area contributed by atoms with Gasteiger partial charge in [-0.25, -0.2) is 4.99 Å². The lowest BCUT2D eigenvalue weighted by molar-refractivity contribution is 0.745. The normalized spacial score (nSPS) is 14.5. The van der Waals surface area contributed by atoms with E-state index in [9.17, 15) is 0 Å². The van der Waals surface area contributed by atoms with Gasteiger partial charge in [-0.1, -0.05) is 66.7 Å². The first-order valence-electron chi connectivity index (χ1n) is 7.74. The van der Waals surface area contributed by atoms with E-state index < -0.39 is 0 Å². The van der Waals surface area contributed by atoms with Crippen molar-refractivity contribution >= 4 is 11.4 Å². The van der Waals surface area contributed by atoms with Crippen LogP contribution in [-0.4, -0.2) is 16.4 Å². The Labute approximate surface area is 140 Å². The molecule has 4 nitrogen and oxygen atoms in total. The van der Waals surface area contributed by atoms with E-state index >= 15 is 0 Å². The monoisotopic (exact) mass is 311 g/mol. The van der Waals surface area contributed by atoms with Gasteiger partial charge in [-0.3, -0.25) is 10.4 Å². The number of nitrogens with one attached hydrogen (secondary N) is 1. The maximum absolute atomic E-state index is 4.81. The second kappa shape index (κ2) is 6.46. The van der Waals surface area contributed by atoms with Crippen LogP contribution in [0, 0.1) is 6.17 Å². The summed E-state index contributed by atoms with van der Waals surface area (Å²) in [6, 6.07) is 25.9. The molecule has 1 aliphatic heterocycles. The minimum atomic E-state index is 0.647. The van der Waals surface area contributed by atoms with Gasteiger partial charge in [-0.15, -0.1) is 0 Å². The zero-order valence-electron chi connectivity index (χ0n) is 12.9. The van der Waals surface area contributed by atoms with Gasteiger partial charge in [-0.05, 0) is 12.1 Å². The first-order valence-corrected chi connectivity index (χ1v) is 7.74. The van der Waals surface area contributed by atoms with Crippen LogP contribution in [0.5, 0.6) is 0 Å². The molecular weight excluding hydrogens is 296 g/mol. The number of pyridine rings is 1. The van der Waals surface area contributed by atoms with E-state index in [0.717, 1.165) is 28.2 Å². The number of benzene rings is 2. The van der Waals surface area contributed by atoms with Crippen LogP contribution < -0.4 is 5.43 Å². The number of hydrogen-bond donors (Lipinski definition) is 1. The van der Waals surface area contributed by atoms with Crippen LogP contribution in [-0.2, 0) is 0 Å². The fraction of sp³-hybridized carbons (Fsp3) is 0. The minimum Gasteiger partial charge on any atom is -0.273 e. The number of aromatic nitrogens is 1. The van der Waals surface area contributed by atoms with E-state index in [1.165, 1.54) is 0 Å². The number of aliphatic imine (C=N–C) groups is 1. The maximum atomic E-state index is 4.81. The van der Waals surface area contributed by atoms with Crippen molar-refractivity contribution in [3.8, 4) is 0 Å². The van der Waals surface area contributed by atoms with E-state index in [4.69, 9.17) is 4.99 Å². The topological polar surface area (TPSA) is 49.6 Å². The fourth-order valence-corrected chi connectivity index (χ4v) is 2.56. The van der Waals surface area contributed by atoms with E-state index in [1.807, 2.05) is 78.9 Å². The second-order valence-electron chi connectivity index (χ2n) is 5.33. The third-order valence-electron chi connectivity index (χ3n) is 3.72. The van der Waals surface area contributed by atoms with Gasteiger partial charge in [0, 0.05) is 17.3 Å². The largest absolute Gasteiger partial charge is 0.273 e. The molecule has 0 bridgehead atoms. The summed E-state index contributed by atoms with van der Waals surface area (Å²) in [5.74, 6) is 0. The highest BCUT2D eigenvalue weighted by atomic mass is 15.4. The van der Waals surface area contributed by atoms with Crippen LogP contribution in [0.4, 0.5) is 0 Å². The number of nitrogens with zero attached hydrogens (tertiary/aromatic N) is 3. The zero-order valence-corrected chi connectivity index (χ0v) is 12.9. The lowest BCUT2D eigenvalue weighted by atomic mass is 9.99. The van der Waals surface area contributed by atoms with E-state index in [1.54, 1.807) is 6.20 Å². The summed E-state index contributed by atoms with van der Waals surface area (Å²) in [5.41, 5.74) is 7.50. The molecule has 1 radical (unpaired) electrons. The molecule has 0 aliphatic carbocycles. The van der Waals surface area contributed by atoms with Crippen molar-refractivity contribution in [2.45, 2.75) is 0 Å². The average Bonchev–Trinajstić information content (AvgIpc) is 2.69. The summed E-state index contributed by atoms with van der Waals surface area (Å²) in [5, 5.41) is 4.57. The quantitative estimate of drug-likeness (QED) is 0.806. The van der Waals surface area contributed by atoms with Crippen LogP contribution in [0.2, 0.25) is 0 Å². The molecule has 1 N–H and O–H groups in total. The van der Waals surface area contributed by atoms with Gasteiger partial charge in [0.05, 0.1) is 11.4 Å². The second-order valence-corrected chi connectivity index (χ2v) is 5.33. The molecule has 0 unspecified atom stereocenters. The first-order chi connectivity index (χ1) is 11.9. The summed E-state index contributed by atoms with van der Waals surface area (Å²) < 4.78 is 0. The smallest absolute Gasteiger partial charge is 0.239 e. The van der Waals surface area contributed by atoms with Crippen molar-refractivity contribution in [2.75, 3.05) is 0 Å². The van der Waals surface area contributed by atoms with Crippen LogP contribution in [0.3, 0.4) is 0 Å². The molecule has 0 fully saturated rings. The molecule has 0 amide bonds. The van der Waals surface area contributed by atoms with Crippen molar-refractivity contribution in [1.82, 2.24) is 10.4 Å². The highest BCUT2D eigenvalue weighted by Crippen LogP contribution is 2.19. The van der Waals surface area contributed by atoms with Crippen LogP contribution in [0.1, 0.15) is 16.8 Å². The third-order valence-corrected chi connectivity index (χ3v) is 3.72. The molecule has 4 rings (SSSR count). The molecule has 2 heterocycles. The minimum absolute atomic E-state index is 0.647.